The van der Waals surface area contributed by atoms with Crippen molar-refractivity contribution >= 4 is 11.1 Å². The highest BCUT2D eigenvalue weighted by molar-refractivity contribution is 7.80. The van der Waals surface area contributed by atoms with Crippen LogP contribution in [0, 0.1) is 12.3 Å². The van der Waals surface area contributed by atoms with E-state index in [2.05, 4.69) is 5.92 Å². The second-order valence-electron chi connectivity index (χ2n) is 1.59. The number of allylic oxidation sites excluding steroid dienone is 2. The fraction of sp³-hybridized carbons (Fsp3) is 0.333. The summed E-state index contributed by atoms with van der Waals surface area (Å²) in [6.45, 7) is 0. The molecule has 1 rings (SSSR count). The summed E-state index contributed by atoms with van der Waals surface area (Å²) in [7, 11) is 0. The van der Waals surface area contributed by atoms with Gasteiger partial charge in [-0.05, 0) is 18.4 Å². The standard InChI is InChI=1S/C6H6O2S/c1-2-6-4-3-5-9(7)8-6/h1,4H,3,5H2. The van der Waals surface area contributed by atoms with Crippen molar-refractivity contribution in [1.29, 1.82) is 0 Å². The Morgan fingerprint density at radius 1 is 1.89 bits per heavy atom. The molecule has 0 N–H and O–H groups in total. The minimum atomic E-state index is -1.18. The SMILES string of the molecule is C#CC1=CCCS(=O)O1. The van der Waals surface area contributed by atoms with E-state index in [0.717, 1.165) is 6.42 Å². The maximum atomic E-state index is 10.6. The summed E-state index contributed by atoms with van der Waals surface area (Å²) in [5, 5.41) is 0. The van der Waals surface area contributed by atoms with Crippen LogP contribution in [0.5, 0.6) is 0 Å². The molecule has 0 saturated carbocycles. The van der Waals surface area contributed by atoms with Gasteiger partial charge in [-0.25, -0.2) is 4.21 Å². The molecule has 1 atom stereocenters. The molecule has 1 aliphatic rings. The third-order valence-electron chi connectivity index (χ3n) is 0.939. The van der Waals surface area contributed by atoms with Gasteiger partial charge >= 0.3 is 0 Å². The van der Waals surface area contributed by atoms with Gasteiger partial charge in [-0.1, -0.05) is 0 Å². The van der Waals surface area contributed by atoms with Gasteiger partial charge in [-0.15, -0.1) is 6.42 Å². The van der Waals surface area contributed by atoms with Crippen LogP contribution in [-0.2, 0) is 15.3 Å². The lowest BCUT2D eigenvalue weighted by atomic mass is 10.4. The highest BCUT2D eigenvalue weighted by Crippen LogP contribution is 2.08. The molecule has 1 aliphatic heterocycles. The first-order valence-electron chi connectivity index (χ1n) is 2.56. The average molecular weight is 142 g/mol. The van der Waals surface area contributed by atoms with Crippen LogP contribution in [0.1, 0.15) is 6.42 Å². The molecule has 0 aromatic rings. The summed E-state index contributed by atoms with van der Waals surface area (Å²) in [6, 6.07) is 0. The second-order valence-corrected chi connectivity index (χ2v) is 2.77. The van der Waals surface area contributed by atoms with Crippen LogP contribution in [0.15, 0.2) is 11.8 Å². The van der Waals surface area contributed by atoms with Crippen LogP contribution in [0.4, 0.5) is 0 Å². The van der Waals surface area contributed by atoms with E-state index in [-0.39, 0.29) is 0 Å². The molecule has 1 unspecified atom stereocenters. The van der Waals surface area contributed by atoms with E-state index in [4.69, 9.17) is 10.6 Å². The molecule has 0 fully saturated rings. The highest BCUT2D eigenvalue weighted by atomic mass is 32.2. The summed E-state index contributed by atoms with van der Waals surface area (Å²) in [5.41, 5.74) is 0. The van der Waals surface area contributed by atoms with Gasteiger partial charge < -0.3 is 4.18 Å². The van der Waals surface area contributed by atoms with Gasteiger partial charge in [0.2, 0.25) is 11.1 Å². The molecule has 0 bridgehead atoms. The third-order valence-corrected chi connectivity index (χ3v) is 1.87. The molecular weight excluding hydrogens is 136 g/mol. The Kier molecular flexibility index (Phi) is 1.91. The number of hydrogen-bond donors (Lipinski definition) is 0. The molecule has 0 aromatic carbocycles. The van der Waals surface area contributed by atoms with Crippen LogP contribution in [-0.4, -0.2) is 9.96 Å². The van der Waals surface area contributed by atoms with E-state index in [1.807, 2.05) is 0 Å². The zero-order chi connectivity index (χ0) is 6.69. The van der Waals surface area contributed by atoms with Crippen LogP contribution < -0.4 is 0 Å². The fourth-order valence-electron chi connectivity index (χ4n) is 0.545. The molecule has 48 valence electrons. The lowest BCUT2D eigenvalue weighted by molar-refractivity contribution is 0.466. The number of hydrogen-bond acceptors (Lipinski definition) is 2. The summed E-state index contributed by atoms with van der Waals surface area (Å²) < 4.78 is 15.3. The smallest absolute Gasteiger partial charge is 0.207 e. The Morgan fingerprint density at radius 2 is 2.67 bits per heavy atom. The molecule has 1 heterocycles. The van der Waals surface area contributed by atoms with Gasteiger partial charge in [0.15, 0.2) is 5.76 Å². The molecule has 0 saturated heterocycles. The Labute approximate surface area is 56.6 Å². The van der Waals surface area contributed by atoms with Crippen molar-refractivity contribution in [2.45, 2.75) is 6.42 Å². The van der Waals surface area contributed by atoms with Crippen LogP contribution in [0.2, 0.25) is 0 Å². The first-order valence-corrected chi connectivity index (χ1v) is 3.81. The van der Waals surface area contributed by atoms with Crippen molar-refractivity contribution in [1.82, 2.24) is 0 Å². The largest absolute Gasteiger partial charge is 0.392 e. The zero-order valence-electron chi connectivity index (χ0n) is 4.79. The van der Waals surface area contributed by atoms with Crippen molar-refractivity contribution in [3.63, 3.8) is 0 Å². The van der Waals surface area contributed by atoms with E-state index < -0.39 is 11.1 Å². The Morgan fingerprint density at radius 3 is 3.11 bits per heavy atom. The van der Waals surface area contributed by atoms with Crippen LogP contribution >= 0.6 is 0 Å². The minimum absolute atomic E-state index is 0.402. The molecule has 0 spiro atoms. The predicted molar refractivity (Wildman–Crippen MR) is 35.6 cm³/mol. The summed E-state index contributed by atoms with van der Waals surface area (Å²) >= 11 is -1.18. The van der Waals surface area contributed by atoms with Crippen molar-refractivity contribution in [3.8, 4) is 12.3 Å². The van der Waals surface area contributed by atoms with Gasteiger partial charge in [0.05, 0.1) is 5.75 Å². The maximum Gasteiger partial charge on any atom is 0.207 e. The highest BCUT2D eigenvalue weighted by Gasteiger charge is 2.07. The lowest BCUT2D eigenvalue weighted by Gasteiger charge is -2.06. The van der Waals surface area contributed by atoms with Gasteiger partial charge in [-0.3, -0.25) is 0 Å². The van der Waals surface area contributed by atoms with Crippen molar-refractivity contribution < 1.29 is 8.39 Å². The third kappa shape index (κ3) is 1.58. The Balaban J connectivity index is 2.67. The van der Waals surface area contributed by atoms with E-state index >= 15 is 0 Å². The number of terminal acetylenes is 1. The predicted octanol–water partition coefficient (Wildman–Crippen LogP) is 0.587. The molecule has 9 heavy (non-hydrogen) atoms. The quantitative estimate of drug-likeness (QED) is 0.463. The maximum absolute atomic E-state index is 10.6. The molecule has 0 aromatic heterocycles. The molecule has 2 nitrogen and oxygen atoms in total. The van der Waals surface area contributed by atoms with Crippen molar-refractivity contribution in [2.24, 2.45) is 0 Å². The molecule has 0 aliphatic carbocycles. The van der Waals surface area contributed by atoms with Gasteiger partial charge in [0.25, 0.3) is 0 Å². The van der Waals surface area contributed by atoms with E-state index in [1.54, 1.807) is 6.08 Å². The van der Waals surface area contributed by atoms with Gasteiger partial charge in [0.1, 0.15) is 0 Å². The Hall–Kier alpha value is -0.750. The topological polar surface area (TPSA) is 26.3 Å². The average Bonchev–Trinajstić information content (AvgIpc) is 1.88. The molecule has 0 amide bonds. The van der Waals surface area contributed by atoms with Crippen LogP contribution in [0.3, 0.4) is 0 Å². The van der Waals surface area contributed by atoms with Crippen molar-refractivity contribution in [2.75, 3.05) is 5.75 Å². The summed E-state index contributed by atoms with van der Waals surface area (Å²) in [6.07, 6.45) is 7.51. The normalized spacial score (nSPS) is 25.7. The first-order chi connectivity index (χ1) is 4.33. The lowest BCUT2D eigenvalue weighted by Crippen LogP contribution is -2.05. The van der Waals surface area contributed by atoms with Gasteiger partial charge in [0, 0.05) is 0 Å². The number of rotatable bonds is 0. The van der Waals surface area contributed by atoms with Gasteiger partial charge in [-0.2, -0.15) is 0 Å². The fourth-order valence-corrected chi connectivity index (χ4v) is 1.26. The summed E-state index contributed by atoms with van der Waals surface area (Å²) in [4.78, 5) is 0. The minimum Gasteiger partial charge on any atom is -0.392 e. The summed E-state index contributed by atoms with van der Waals surface area (Å²) in [5.74, 6) is 3.24. The Bertz CT molecular complexity index is 200. The monoisotopic (exact) mass is 142 g/mol. The van der Waals surface area contributed by atoms with Crippen molar-refractivity contribution in [3.05, 3.63) is 11.8 Å². The molecule has 0 radical (unpaired) electrons. The second kappa shape index (κ2) is 2.70. The molecular formula is C6H6O2S. The van der Waals surface area contributed by atoms with E-state index in [1.165, 1.54) is 0 Å². The first kappa shape index (κ1) is 6.37. The van der Waals surface area contributed by atoms with Crippen LogP contribution in [0.25, 0.3) is 0 Å². The van der Waals surface area contributed by atoms with E-state index in [9.17, 15) is 4.21 Å². The molecule has 3 heteroatoms. The zero-order valence-corrected chi connectivity index (χ0v) is 5.61. The van der Waals surface area contributed by atoms with E-state index in [0.29, 0.717) is 11.5 Å².